The molecule has 0 radical (unpaired) electrons. The van der Waals surface area contributed by atoms with Crippen molar-refractivity contribution in [2.75, 3.05) is 38.1 Å². The van der Waals surface area contributed by atoms with Crippen LogP contribution in [0.3, 0.4) is 0 Å². The number of rotatable bonds is 4. The first-order valence-electron chi connectivity index (χ1n) is 13.2. The van der Waals surface area contributed by atoms with Crippen molar-refractivity contribution in [1.82, 2.24) is 15.2 Å². The fourth-order valence-corrected chi connectivity index (χ4v) is 6.04. The average molecular weight is 531 g/mol. The van der Waals surface area contributed by atoms with Crippen molar-refractivity contribution in [3.63, 3.8) is 0 Å². The van der Waals surface area contributed by atoms with Gasteiger partial charge in [-0.15, -0.1) is 11.3 Å². The maximum atomic E-state index is 13.3. The maximum Gasteiger partial charge on any atom is 0.240 e. The molecule has 0 atom stereocenters. The molecule has 1 spiro atoms. The molecule has 2 N–H and O–H groups in total. The number of benzene rings is 2. The number of ether oxygens (including phenoxy) is 1. The number of hydrogen-bond donors (Lipinski definition) is 2. The van der Waals surface area contributed by atoms with Crippen LogP contribution in [-0.2, 0) is 16.0 Å². The number of anilines is 1. The monoisotopic (exact) mass is 530 g/mol. The number of allylic oxidation sites excluding steroid dienone is 2. The van der Waals surface area contributed by atoms with Crippen LogP contribution in [0.5, 0.6) is 5.75 Å². The van der Waals surface area contributed by atoms with E-state index in [-0.39, 0.29) is 18.4 Å². The number of nitrogens with zero attached hydrogens (tertiary/aromatic N) is 2. The molecule has 0 saturated carbocycles. The van der Waals surface area contributed by atoms with Gasteiger partial charge in [0.25, 0.3) is 0 Å². The molecule has 5 rings (SSSR count). The zero-order chi connectivity index (χ0) is 26.4. The molecule has 2 aromatic carbocycles. The first kappa shape index (κ1) is 26.1. The lowest BCUT2D eigenvalue weighted by molar-refractivity contribution is -0.134. The summed E-state index contributed by atoms with van der Waals surface area (Å²) in [4.78, 5) is 34.0. The number of aryl methyl sites for hydroxylation is 1. The minimum absolute atomic E-state index is 0.0758. The van der Waals surface area contributed by atoms with Gasteiger partial charge in [-0.05, 0) is 57.3 Å². The lowest BCUT2D eigenvalue weighted by atomic mass is 9.74. The first-order valence-corrected chi connectivity index (χ1v) is 14.0. The Morgan fingerprint density at radius 1 is 1.11 bits per heavy atom. The van der Waals surface area contributed by atoms with Crippen molar-refractivity contribution < 1.29 is 14.3 Å². The van der Waals surface area contributed by atoms with Crippen molar-refractivity contribution in [3.05, 3.63) is 77.2 Å². The van der Waals surface area contributed by atoms with Crippen LogP contribution in [0.2, 0.25) is 0 Å². The van der Waals surface area contributed by atoms with Gasteiger partial charge in [-0.25, -0.2) is 4.98 Å². The molecule has 2 amide bonds. The average Bonchev–Trinajstić information content (AvgIpc) is 3.30. The summed E-state index contributed by atoms with van der Waals surface area (Å²) in [6.45, 7) is 4.62. The maximum absolute atomic E-state index is 13.3. The fourth-order valence-electron chi connectivity index (χ4n) is 5.18. The minimum Gasteiger partial charge on any atom is -0.491 e. The number of fused-ring (bicyclic) bond motifs is 1. The van der Waals surface area contributed by atoms with Gasteiger partial charge in [0.05, 0.1) is 24.2 Å². The lowest BCUT2D eigenvalue weighted by Gasteiger charge is -2.40. The van der Waals surface area contributed by atoms with Crippen molar-refractivity contribution >= 4 is 28.3 Å². The molecule has 7 nitrogen and oxygen atoms in total. The smallest absolute Gasteiger partial charge is 0.240 e. The normalized spacial score (nSPS) is 18.8. The van der Waals surface area contributed by atoms with Crippen LogP contribution in [0.4, 0.5) is 5.13 Å². The van der Waals surface area contributed by atoms with E-state index in [1.54, 1.807) is 0 Å². The highest BCUT2D eigenvalue weighted by Gasteiger charge is 2.40. The van der Waals surface area contributed by atoms with Gasteiger partial charge in [0.1, 0.15) is 12.4 Å². The van der Waals surface area contributed by atoms with Gasteiger partial charge >= 0.3 is 0 Å². The van der Waals surface area contributed by atoms with Crippen LogP contribution in [0.15, 0.2) is 66.7 Å². The number of carbonyl (C=O) groups excluding carboxylic acids is 2. The number of thiazole rings is 1. The van der Waals surface area contributed by atoms with E-state index in [0.717, 1.165) is 33.9 Å². The van der Waals surface area contributed by atoms with E-state index < -0.39 is 5.41 Å². The first-order chi connectivity index (χ1) is 18.5. The van der Waals surface area contributed by atoms with E-state index in [9.17, 15) is 9.59 Å². The number of para-hydroxylation sites is 1. The summed E-state index contributed by atoms with van der Waals surface area (Å²) >= 11 is 1.49. The summed E-state index contributed by atoms with van der Waals surface area (Å²) in [5, 5.41) is 6.69. The Morgan fingerprint density at radius 3 is 2.68 bits per heavy atom. The Kier molecular flexibility index (Phi) is 8.20. The number of hydrogen-bond acceptors (Lipinski definition) is 6. The van der Waals surface area contributed by atoms with Gasteiger partial charge < -0.3 is 15.4 Å². The number of nitrogens with one attached hydrogen (secondary N) is 2. The largest absolute Gasteiger partial charge is 0.491 e. The number of likely N-dealkylation sites (tertiary alicyclic amines) is 1. The van der Waals surface area contributed by atoms with Crippen molar-refractivity contribution in [2.24, 2.45) is 5.41 Å². The van der Waals surface area contributed by atoms with E-state index in [1.807, 2.05) is 55.5 Å². The van der Waals surface area contributed by atoms with Crippen LogP contribution in [0.25, 0.3) is 11.3 Å². The highest BCUT2D eigenvalue weighted by Crippen LogP contribution is 2.36. The number of aromatic nitrogens is 1. The molecule has 198 valence electrons. The highest BCUT2D eigenvalue weighted by atomic mass is 32.1. The quantitative estimate of drug-likeness (QED) is 0.472. The number of carbonyl (C=O) groups is 2. The third-order valence-corrected chi connectivity index (χ3v) is 8.27. The van der Waals surface area contributed by atoms with Gasteiger partial charge in [-0.1, -0.05) is 60.7 Å². The molecule has 0 aliphatic carbocycles. The third kappa shape index (κ3) is 6.14. The Bertz CT molecular complexity index is 1300. The van der Waals surface area contributed by atoms with Crippen LogP contribution >= 0.6 is 11.3 Å². The van der Waals surface area contributed by atoms with Crippen molar-refractivity contribution in [2.45, 2.75) is 32.6 Å². The van der Waals surface area contributed by atoms with E-state index in [1.165, 1.54) is 11.3 Å². The molecule has 8 heteroatoms. The predicted octanol–water partition coefficient (Wildman–Crippen LogP) is 4.84. The van der Waals surface area contributed by atoms with Gasteiger partial charge in [0.2, 0.25) is 11.8 Å². The Labute approximate surface area is 227 Å². The summed E-state index contributed by atoms with van der Waals surface area (Å²) in [5.41, 5.74) is 2.64. The third-order valence-electron chi connectivity index (χ3n) is 7.38. The fraction of sp³-hybridized carbons (Fsp3) is 0.367. The van der Waals surface area contributed by atoms with Gasteiger partial charge in [0.15, 0.2) is 5.13 Å². The summed E-state index contributed by atoms with van der Waals surface area (Å²) in [7, 11) is 0. The number of amides is 2. The highest BCUT2D eigenvalue weighted by molar-refractivity contribution is 7.16. The topological polar surface area (TPSA) is 83.6 Å². The Hall–Kier alpha value is -3.49. The van der Waals surface area contributed by atoms with E-state index in [0.29, 0.717) is 50.6 Å². The summed E-state index contributed by atoms with van der Waals surface area (Å²) in [5.74, 6) is 0.876. The zero-order valence-corrected chi connectivity index (χ0v) is 22.6. The predicted molar refractivity (Wildman–Crippen MR) is 151 cm³/mol. The molecule has 3 heterocycles. The van der Waals surface area contributed by atoms with Crippen LogP contribution in [-0.4, -0.2) is 54.5 Å². The molecular weight excluding hydrogens is 496 g/mol. The second-order valence-corrected chi connectivity index (χ2v) is 11.2. The number of piperidine rings is 1. The molecule has 1 saturated heterocycles. The SMILES string of the molecule is Cc1sc(NC(=O)CN2CCC3(C/C=C/Cc4ccccc4OCCNC3=O)CC2)nc1-c1ccccc1. The van der Waals surface area contributed by atoms with Crippen LogP contribution in [0, 0.1) is 12.3 Å². The standard InChI is InChI=1S/C30H34N4O3S/c1-22-27(24-11-3-2-4-12-24)33-29(38-22)32-26(35)21-34-18-15-30(16-19-34)14-8-7-10-23-9-5-6-13-25(23)37-20-17-31-28(30)36/h2-9,11-13H,10,14-21H2,1H3,(H,31,36)(H,32,33,35)/b8-7+. The molecule has 38 heavy (non-hydrogen) atoms. The molecular formula is C30H34N4O3S. The second kappa shape index (κ2) is 11.9. The molecule has 0 bridgehead atoms. The van der Waals surface area contributed by atoms with E-state index in [4.69, 9.17) is 4.74 Å². The molecule has 2 aliphatic rings. The molecule has 3 aromatic rings. The lowest BCUT2D eigenvalue weighted by Crippen LogP contribution is -2.50. The van der Waals surface area contributed by atoms with Gasteiger partial charge in [0, 0.05) is 10.4 Å². The minimum atomic E-state index is -0.459. The van der Waals surface area contributed by atoms with Crippen LogP contribution in [0.1, 0.15) is 29.7 Å². The van der Waals surface area contributed by atoms with Gasteiger partial charge in [-0.3, -0.25) is 14.5 Å². The summed E-state index contributed by atoms with van der Waals surface area (Å²) in [6, 6.07) is 18.0. The summed E-state index contributed by atoms with van der Waals surface area (Å²) < 4.78 is 5.92. The second-order valence-electron chi connectivity index (χ2n) is 9.99. The zero-order valence-electron chi connectivity index (χ0n) is 21.7. The molecule has 2 aliphatic heterocycles. The van der Waals surface area contributed by atoms with Crippen molar-refractivity contribution in [3.8, 4) is 17.0 Å². The van der Waals surface area contributed by atoms with Crippen LogP contribution < -0.4 is 15.4 Å². The Morgan fingerprint density at radius 2 is 1.87 bits per heavy atom. The van der Waals surface area contributed by atoms with Gasteiger partial charge in [-0.2, -0.15) is 0 Å². The van der Waals surface area contributed by atoms with E-state index in [2.05, 4.69) is 38.7 Å². The Balaban J connectivity index is 1.18. The molecule has 1 aromatic heterocycles. The molecule has 0 unspecified atom stereocenters. The van der Waals surface area contributed by atoms with Crippen molar-refractivity contribution in [1.29, 1.82) is 0 Å². The summed E-state index contributed by atoms with van der Waals surface area (Å²) in [6.07, 6.45) is 7.17. The molecule has 1 fully saturated rings. The van der Waals surface area contributed by atoms with E-state index >= 15 is 0 Å².